The molecule has 3 rings (SSSR count). The summed E-state index contributed by atoms with van der Waals surface area (Å²) in [5.74, 6) is 1.02. The van der Waals surface area contributed by atoms with Crippen molar-refractivity contribution in [2.24, 2.45) is 0 Å². The minimum Gasteiger partial charge on any atom is -0.459 e. The van der Waals surface area contributed by atoms with Gasteiger partial charge in [-0.2, -0.15) is 0 Å². The second kappa shape index (κ2) is 6.50. The van der Waals surface area contributed by atoms with Gasteiger partial charge in [-0.3, -0.25) is 4.79 Å². The number of amides is 1. The van der Waals surface area contributed by atoms with E-state index in [9.17, 15) is 4.79 Å². The van der Waals surface area contributed by atoms with Crippen LogP contribution in [0.1, 0.15) is 21.7 Å². The first-order chi connectivity index (χ1) is 11.2. The van der Waals surface area contributed by atoms with Crippen LogP contribution in [-0.2, 0) is 6.61 Å². The maximum absolute atomic E-state index is 12.4. The fraction of sp³-hybridized carbons (Fsp3) is 0.105. The Morgan fingerprint density at radius 2 is 1.91 bits per heavy atom. The first-order valence-electron chi connectivity index (χ1n) is 7.34. The number of aryl methyl sites for hydroxylation is 1. The molecule has 3 aromatic rings. The number of rotatable bonds is 4. The predicted molar refractivity (Wildman–Crippen MR) is 89.2 cm³/mol. The van der Waals surface area contributed by atoms with Crippen molar-refractivity contribution in [1.82, 2.24) is 0 Å². The predicted octanol–water partition coefficient (Wildman–Crippen LogP) is 4.00. The summed E-state index contributed by atoms with van der Waals surface area (Å²) in [6, 6.07) is 18.4. The number of carbonyl (C=O) groups excluding carboxylic acids is 1. The van der Waals surface area contributed by atoms with Crippen molar-refractivity contribution in [3.63, 3.8) is 0 Å². The maximum Gasteiger partial charge on any atom is 0.255 e. The number of aliphatic hydroxyl groups excluding tert-OH is 1. The minimum absolute atomic E-state index is 0.135. The zero-order valence-corrected chi connectivity index (χ0v) is 12.7. The van der Waals surface area contributed by atoms with Gasteiger partial charge in [0.25, 0.3) is 5.91 Å². The first kappa shape index (κ1) is 15.1. The third kappa shape index (κ3) is 3.33. The summed E-state index contributed by atoms with van der Waals surface area (Å²) >= 11 is 0. The van der Waals surface area contributed by atoms with Gasteiger partial charge < -0.3 is 14.8 Å². The average Bonchev–Trinajstić information content (AvgIpc) is 3.04. The summed E-state index contributed by atoms with van der Waals surface area (Å²) in [6.45, 7) is 1.77. The monoisotopic (exact) mass is 307 g/mol. The van der Waals surface area contributed by atoms with E-state index in [0.29, 0.717) is 22.8 Å². The lowest BCUT2D eigenvalue weighted by atomic mass is 10.1. The summed E-state index contributed by atoms with van der Waals surface area (Å²) in [6.07, 6.45) is 0. The second-order valence-electron chi connectivity index (χ2n) is 5.27. The van der Waals surface area contributed by atoms with Crippen molar-refractivity contribution in [1.29, 1.82) is 0 Å². The number of hydrogen-bond donors (Lipinski definition) is 2. The van der Waals surface area contributed by atoms with Gasteiger partial charge in [0, 0.05) is 16.8 Å². The highest BCUT2D eigenvalue weighted by Crippen LogP contribution is 2.25. The first-order valence-corrected chi connectivity index (χ1v) is 7.34. The molecule has 0 saturated heterocycles. The molecule has 0 fully saturated rings. The molecule has 2 aromatic carbocycles. The Kier molecular flexibility index (Phi) is 4.26. The highest BCUT2D eigenvalue weighted by molar-refractivity contribution is 6.05. The molecule has 23 heavy (non-hydrogen) atoms. The van der Waals surface area contributed by atoms with E-state index in [0.717, 1.165) is 11.1 Å². The molecule has 0 spiro atoms. The van der Waals surface area contributed by atoms with Gasteiger partial charge in [-0.05, 0) is 42.8 Å². The van der Waals surface area contributed by atoms with Crippen LogP contribution in [0.3, 0.4) is 0 Å². The number of aliphatic hydroxyl groups is 1. The van der Waals surface area contributed by atoms with E-state index in [4.69, 9.17) is 9.52 Å². The fourth-order valence-corrected chi connectivity index (χ4v) is 2.39. The zero-order chi connectivity index (χ0) is 16.2. The minimum atomic E-state index is -0.143. The number of benzene rings is 2. The lowest BCUT2D eigenvalue weighted by Gasteiger charge is -2.08. The number of carbonyl (C=O) groups is 1. The van der Waals surface area contributed by atoms with Crippen molar-refractivity contribution in [2.75, 3.05) is 5.32 Å². The molecule has 0 aliphatic heterocycles. The van der Waals surface area contributed by atoms with E-state index in [1.54, 1.807) is 18.2 Å². The number of anilines is 1. The van der Waals surface area contributed by atoms with Gasteiger partial charge in [-0.1, -0.05) is 30.3 Å². The molecule has 0 unspecified atom stereocenters. The van der Waals surface area contributed by atoms with Crippen molar-refractivity contribution in [3.05, 3.63) is 77.6 Å². The molecule has 0 aliphatic rings. The van der Waals surface area contributed by atoms with Crippen LogP contribution < -0.4 is 5.32 Å². The Morgan fingerprint density at radius 1 is 1.09 bits per heavy atom. The van der Waals surface area contributed by atoms with Crippen LogP contribution in [0.4, 0.5) is 5.69 Å². The van der Waals surface area contributed by atoms with E-state index in [1.165, 1.54) is 0 Å². The highest BCUT2D eigenvalue weighted by Gasteiger charge is 2.10. The molecule has 1 heterocycles. The normalized spacial score (nSPS) is 10.5. The lowest BCUT2D eigenvalue weighted by molar-refractivity contribution is 0.102. The molecule has 0 aliphatic carbocycles. The molecule has 4 nitrogen and oxygen atoms in total. The third-order valence-electron chi connectivity index (χ3n) is 3.61. The van der Waals surface area contributed by atoms with E-state index in [2.05, 4.69) is 5.32 Å². The highest BCUT2D eigenvalue weighted by atomic mass is 16.4. The second-order valence-corrected chi connectivity index (χ2v) is 5.27. The van der Waals surface area contributed by atoms with Crippen LogP contribution >= 0.6 is 0 Å². The Labute approximate surface area is 134 Å². The smallest absolute Gasteiger partial charge is 0.255 e. The summed E-state index contributed by atoms with van der Waals surface area (Å²) in [5, 5.41) is 12.0. The molecule has 0 saturated carbocycles. The van der Waals surface area contributed by atoms with Crippen LogP contribution in [0.25, 0.3) is 11.3 Å². The number of hydrogen-bond acceptors (Lipinski definition) is 3. The van der Waals surface area contributed by atoms with Gasteiger partial charge in [-0.15, -0.1) is 0 Å². The molecule has 116 valence electrons. The zero-order valence-electron chi connectivity index (χ0n) is 12.7. The van der Waals surface area contributed by atoms with Crippen molar-refractivity contribution in [3.8, 4) is 11.3 Å². The van der Waals surface area contributed by atoms with Crippen LogP contribution in [-0.4, -0.2) is 11.0 Å². The van der Waals surface area contributed by atoms with Gasteiger partial charge in [0.1, 0.15) is 18.1 Å². The van der Waals surface area contributed by atoms with Gasteiger partial charge in [0.15, 0.2) is 0 Å². The van der Waals surface area contributed by atoms with Gasteiger partial charge >= 0.3 is 0 Å². The number of furan rings is 1. The summed E-state index contributed by atoms with van der Waals surface area (Å²) in [4.78, 5) is 12.4. The average molecular weight is 307 g/mol. The van der Waals surface area contributed by atoms with Gasteiger partial charge in [-0.25, -0.2) is 0 Å². The van der Waals surface area contributed by atoms with Crippen LogP contribution in [0.5, 0.6) is 0 Å². The quantitative estimate of drug-likeness (QED) is 0.766. The Morgan fingerprint density at radius 3 is 2.65 bits per heavy atom. The van der Waals surface area contributed by atoms with Crippen molar-refractivity contribution >= 4 is 11.6 Å². The van der Waals surface area contributed by atoms with Crippen LogP contribution in [0.2, 0.25) is 0 Å². The van der Waals surface area contributed by atoms with E-state index in [-0.39, 0.29) is 12.5 Å². The van der Waals surface area contributed by atoms with Gasteiger partial charge in [0.05, 0.1) is 0 Å². The Hall–Kier alpha value is -2.85. The molecule has 0 atom stereocenters. The molecule has 2 N–H and O–H groups in total. The standard InChI is InChI=1S/C19H17NO3/c1-13-5-2-3-8-17(13)19(22)20-15-7-4-6-14(11-15)18-10-9-16(12-21)23-18/h2-11,21H,12H2,1H3,(H,20,22). The SMILES string of the molecule is Cc1ccccc1C(=O)Nc1cccc(-c2ccc(CO)o2)c1. The fourth-order valence-electron chi connectivity index (χ4n) is 2.39. The molecule has 4 heteroatoms. The molecular formula is C19H17NO3. The van der Waals surface area contributed by atoms with Gasteiger partial charge in [0.2, 0.25) is 0 Å². The Balaban J connectivity index is 1.83. The summed E-state index contributed by atoms with van der Waals surface area (Å²) < 4.78 is 5.52. The molecule has 1 amide bonds. The largest absolute Gasteiger partial charge is 0.459 e. The van der Waals surface area contributed by atoms with Crippen molar-refractivity contribution < 1.29 is 14.3 Å². The van der Waals surface area contributed by atoms with E-state index < -0.39 is 0 Å². The topological polar surface area (TPSA) is 62.5 Å². The summed E-state index contributed by atoms with van der Waals surface area (Å²) in [5.41, 5.74) is 3.11. The maximum atomic E-state index is 12.4. The molecule has 1 aromatic heterocycles. The number of nitrogens with one attached hydrogen (secondary N) is 1. The third-order valence-corrected chi connectivity index (χ3v) is 3.61. The Bertz CT molecular complexity index is 836. The van der Waals surface area contributed by atoms with Crippen LogP contribution in [0, 0.1) is 6.92 Å². The molecule has 0 bridgehead atoms. The van der Waals surface area contributed by atoms with E-state index in [1.807, 2.05) is 49.4 Å². The van der Waals surface area contributed by atoms with Crippen molar-refractivity contribution in [2.45, 2.75) is 13.5 Å². The van der Waals surface area contributed by atoms with Crippen LogP contribution in [0.15, 0.2) is 65.1 Å². The molecular weight excluding hydrogens is 290 g/mol. The molecule has 0 radical (unpaired) electrons. The van der Waals surface area contributed by atoms with E-state index >= 15 is 0 Å². The summed E-state index contributed by atoms with van der Waals surface area (Å²) in [7, 11) is 0. The lowest BCUT2D eigenvalue weighted by Crippen LogP contribution is -2.13.